The minimum absolute atomic E-state index is 0.644. The summed E-state index contributed by atoms with van der Waals surface area (Å²) in [5, 5.41) is 8.36. The van der Waals surface area contributed by atoms with E-state index in [4.69, 9.17) is 16.3 Å². The van der Waals surface area contributed by atoms with Gasteiger partial charge in [0.05, 0.1) is 29.6 Å². The third-order valence-electron chi connectivity index (χ3n) is 3.05. The second-order valence-corrected chi connectivity index (χ2v) is 5.07. The highest BCUT2D eigenvalue weighted by molar-refractivity contribution is 6.31. The maximum atomic E-state index is 6.22. The molecule has 0 amide bonds. The van der Waals surface area contributed by atoms with E-state index in [1.54, 1.807) is 0 Å². The zero-order chi connectivity index (χ0) is 14.5. The molecular weight excluding hydrogens is 274 g/mol. The normalized spacial score (nSPS) is 10.6. The molecule has 0 aliphatic rings. The van der Waals surface area contributed by atoms with Gasteiger partial charge in [0, 0.05) is 12.7 Å². The lowest BCUT2D eigenvalue weighted by Gasteiger charge is -2.09. The van der Waals surface area contributed by atoms with Crippen molar-refractivity contribution in [3.05, 3.63) is 40.7 Å². The van der Waals surface area contributed by atoms with Crippen LogP contribution >= 0.6 is 11.6 Å². The molecule has 20 heavy (non-hydrogen) atoms. The molecule has 1 heterocycles. The van der Waals surface area contributed by atoms with Crippen LogP contribution < -0.4 is 10.1 Å². The van der Waals surface area contributed by atoms with E-state index in [9.17, 15) is 0 Å². The van der Waals surface area contributed by atoms with Crippen molar-refractivity contribution in [1.29, 1.82) is 0 Å². The number of nitrogens with one attached hydrogen (secondary N) is 1. The molecule has 0 spiro atoms. The third-order valence-corrected chi connectivity index (χ3v) is 3.54. The standard InChI is InChI=1S/C15H20ClN3O/c1-4-9-20-13-7-5-12(6-8-13)17-10-14-15(16)11(2)18-19(14)3/h5-8,17H,4,9-10H2,1-3H3. The molecule has 2 rings (SSSR count). The van der Waals surface area contributed by atoms with Crippen LogP contribution in [-0.2, 0) is 13.6 Å². The van der Waals surface area contributed by atoms with Crippen molar-refractivity contribution in [2.45, 2.75) is 26.8 Å². The molecule has 0 bridgehead atoms. The molecule has 5 heteroatoms. The van der Waals surface area contributed by atoms with Crippen molar-refractivity contribution in [1.82, 2.24) is 9.78 Å². The Morgan fingerprint density at radius 3 is 2.55 bits per heavy atom. The molecular formula is C15H20ClN3O. The molecule has 4 nitrogen and oxygen atoms in total. The molecule has 1 aromatic carbocycles. The lowest BCUT2D eigenvalue weighted by Crippen LogP contribution is -2.06. The van der Waals surface area contributed by atoms with Gasteiger partial charge in [0.25, 0.3) is 0 Å². The Morgan fingerprint density at radius 1 is 1.30 bits per heavy atom. The van der Waals surface area contributed by atoms with Crippen molar-refractivity contribution in [3.8, 4) is 5.75 Å². The first-order valence-electron chi connectivity index (χ1n) is 6.76. The summed E-state index contributed by atoms with van der Waals surface area (Å²) in [5.41, 5.74) is 2.87. The van der Waals surface area contributed by atoms with Gasteiger partial charge in [-0.3, -0.25) is 4.68 Å². The monoisotopic (exact) mass is 293 g/mol. The Balaban J connectivity index is 1.97. The summed E-state index contributed by atoms with van der Waals surface area (Å²) in [6, 6.07) is 7.94. The molecule has 0 aliphatic heterocycles. The zero-order valence-electron chi connectivity index (χ0n) is 12.1. The Hall–Kier alpha value is -1.68. The second kappa shape index (κ2) is 6.66. The molecule has 0 saturated heterocycles. The SMILES string of the molecule is CCCOc1ccc(NCc2c(Cl)c(C)nn2C)cc1. The fourth-order valence-corrected chi connectivity index (χ4v) is 2.17. The van der Waals surface area contributed by atoms with E-state index < -0.39 is 0 Å². The Labute approximate surface area is 124 Å². The summed E-state index contributed by atoms with van der Waals surface area (Å²) < 4.78 is 7.36. The fourth-order valence-electron chi connectivity index (χ4n) is 1.95. The Kier molecular flexibility index (Phi) is 4.90. The summed E-state index contributed by atoms with van der Waals surface area (Å²) in [4.78, 5) is 0. The number of anilines is 1. The maximum absolute atomic E-state index is 6.22. The first kappa shape index (κ1) is 14.7. The molecule has 1 aromatic heterocycles. The van der Waals surface area contributed by atoms with E-state index >= 15 is 0 Å². The highest BCUT2D eigenvalue weighted by Crippen LogP contribution is 2.21. The molecule has 2 aromatic rings. The van der Waals surface area contributed by atoms with Gasteiger partial charge in [-0.05, 0) is 37.6 Å². The van der Waals surface area contributed by atoms with Crippen LogP contribution in [0.25, 0.3) is 0 Å². The summed E-state index contributed by atoms with van der Waals surface area (Å²) in [5.74, 6) is 0.895. The highest BCUT2D eigenvalue weighted by atomic mass is 35.5. The van der Waals surface area contributed by atoms with E-state index in [2.05, 4.69) is 17.3 Å². The van der Waals surface area contributed by atoms with Crippen LogP contribution in [0.5, 0.6) is 5.75 Å². The second-order valence-electron chi connectivity index (χ2n) is 4.70. The largest absolute Gasteiger partial charge is 0.494 e. The number of aryl methyl sites for hydroxylation is 2. The number of hydrogen-bond donors (Lipinski definition) is 1. The van der Waals surface area contributed by atoms with Crippen molar-refractivity contribution >= 4 is 17.3 Å². The van der Waals surface area contributed by atoms with Crippen LogP contribution in [0.2, 0.25) is 5.02 Å². The van der Waals surface area contributed by atoms with Crippen molar-refractivity contribution < 1.29 is 4.74 Å². The quantitative estimate of drug-likeness (QED) is 0.881. The fraction of sp³-hybridized carbons (Fsp3) is 0.400. The van der Waals surface area contributed by atoms with E-state index in [1.165, 1.54) is 0 Å². The van der Waals surface area contributed by atoms with Crippen molar-refractivity contribution in [3.63, 3.8) is 0 Å². The molecule has 0 atom stereocenters. The van der Waals surface area contributed by atoms with Crippen LogP contribution in [0, 0.1) is 6.92 Å². The first-order chi connectivity index (χ1) is 9.61. The summed E-state index contributed by atoms with van der Waals surface area (Å²) in [6.45, 7) is 5.39. The van der Waals surface area contributed by atoms with Gasteiger partial charge >= 0.3 is 0 Å². The summed E-state index contributed by atoms with van der Waals surface area (Å²) in [7, 11) is 1.90. The van der Waals surface area contributed by atoms with Crippen molar-refractivity contribution in [2.24, 2.45) is 7.05 Å². The molecule has 0 unspecified atom stereocenters. The van der Waals surface area contributed by atoms with Gasteiger partial charge in [-0.15, -0.1) is 0 Å². The van der Waals surface area contributed by atoms with Gasteiger partial charge < -0.3 is 10.1 Å². The predicted molar refractivity (Wildman–Crippen MR) is 82.5 cm³/mol. The number of rotatable bonds is 6. The Bertz CT molecular complexity index is 563. The van der Waals surface area contributed by atoms with E-state index in [1.807, 2.05) is 42.9 Å². The summed E-state index contributed by atoms with van der Waals surface area (Å²) >= 11 is 6.22. The smallest absolute Gasteiger partial charge is 0.119 e. The zero-order valence-corrected chi connectivity index (χ0v) is 12.9. The number of hydrogen-bond acceptors (Lipinski definition) is 3. The first-order valence-corrected chi connectivity index (χ1v) is 7.14. The van der Waals surface area contributed by atoms with Crippen LogP contribution in [0.4, 0.5) is 5.69 Å². The van der Waals surface area contributed by atoms with Crippen LogP contribution in [0.3, 0.4) is 0 Å². The van der Waals surface area contributed by atoms with Gasteiger partial charge in [0.1, 0.15) is 5.75 Å². The molecule has 0 radical (unpaired) electrons. The van der Waals surface area contributed by atoms with Crippen LogP contribution in [-0.4, -0.2) is 16.4 Å². The molecule has 1 N–H and O–H groups in total. The average Bonchev–Trinajstić information content (AvgIpc) is 2.69. The van der Waals surface area contributed by atoms with Gasteiger partial charge in [-0.25, -0.2) is 0 Å². The highest BCUT2D eigenvalue weighted by Gasteiger charge is 2.10. The molecule has 0 saturated carbocycles. The average molecular weight is 294 g/mol. The lowest BCUT2D eigenvalue weighted by atomic mass is 10.3. The number of aromatic nitrogens is 2. The van der Waals surface area contributed by atoms with Gasteiger partial charge in [0.15, 0.2) is 0 Å². The predicted octanol–water partition coefficient (Wildman–Crippen LogP) is 3.78. The number of halogens is 1. The minimum Gasteiger partial charge on any atom is -0.494 e. The topological polar surface area (TPSA) is 39.1 Å². The number of nitrogens with zero attached hydrogens (tertiary/aromatic N) is 2. The van der Waals surface area contributed by atoms with Gasteiger partial charge in [0.2, 0.25) is 0 Å². The summed E-state index contributed by atoms with van der Waals surface area (Å²) in [6.07, 6.45) is 1.01. The lowest BCUT2D eigenvalue weighted by molar-refractivity contribution is 0.317. The van der Waals surface area contributed by atoms with Gasteiger partial charge in [-0.2, -0.15) is 5.10 Å². The van der Waals surface area contributed by atoms with E-state index in [-0.39, 0.29) is 0 Å². The van der Waals surface area contributed by atoms with E-state index in [0.29, 0.717) is 6.54 Å². The van der Waals surface area contributed by atoms with Crippen molar-refractivity contribution in [2.75, 3.05) is 11.9 Å². The van der Waals surface area contributed by atoms with Gasteiger partial charge in [-0.1, -0.05) is 18.5 Å². The molecule has 0 fully saturated rings. The number of benzene rings is 1. The van der Waals surface area contributed by atoms with Crippen LogP contribution in [0.15, 0.2) is 24.3 Å². The Morgan fingerprint density at radius 2 is 2.00 bits per heavy atom. The third kappa shape index (κ3) is 3.45. The van der Waals surface area contributed by atoms with Crippen LogP contribution in [0.1, 0.15) is 24.7 Å². The maximum Gasteiger partial charge on any atom is 0.119 e. The van der Waals surface area contributed by atoms with E-state index in [0.717, 1.165) is 40.9 Å². The molecule has 0 aliphatic carbocycles. The minimum atomic E-state index is 0.644. The molecule has 108 valence electrons. The number of ether oxygens (including phenoxy) is 1.